The van der Waals surface area contributed by atoms with Crippen molar-refractivity contribution in [1.29, 1.82) is 0 Å². The molecule has 0 bridgehead atoms. The lowest BCUT2D eigenvalue weighted by Crippen LogP contribution is -2.16. The predicted molar refractivity (Wildman–Crippen MR) is 122 cm³/mol. The summed E-state index contributed by atoms with van der Waals surface area (Å²) in [6.45, 7) is 2.22. The van der Waals surface area contributed by atoms with Gasteiger partial charge in [0, 0.05) is 17.5 Å². The normalized spacial score (nSPS) is 14.4. The molecule has 0 spiro atoms. The maximum Gasteiger partial charge on any atom is 0.189 e. The van der Waals surface area contributed by atoms with Gasteiger partial charge in [0.25, 0.3) is 0 Å². The van der Waals surface area contributed by atoms with Crippen LogP contribution in [0.1, 0.15) is 24.5 Å². The van der Waals surface area contributed by atoms with E-state index in [1.807, 2.05) is 12.3 Å². The van der Waals surface area contributed by atoms with E-state index in [0.29, 0.717) is 6.54 Å². The van der Waals surface area contributed by atoms with E-state index in [9.17, 15) is 5.11 Å². The lowest BCUT2D eigenvalue weighted by Gasteiger charge is -2.10. The van der Waals surface area contributed by atoms with Crippen molar-refractivity contribution in [2.75, 3.05) is 18.1 Å². The number of anilines is 1. The zero-order valence-corrected chi connectivity index (χ0v) is 18.0. The van der Waals surface area contributed by atoms with Crippen LogP contribution >= 0.6 is 23.1 Å². The van der Waals surface area contributed by atoms with E-state index in [1.54, 1.807) is 18.3 Å². The van der Waals surface area contributed by atoms with E-state index in [1.165, 1.54) is 33.8 Å². The Balaban J connectivity index is 1.79. The van der Waals surface area contributed by atoms with Gasteiger partial charge in [-0.1, -0.05) is 42.1 Å². The van der Waals surface area contributed by atoms with E-state index in [2.05, 4.69) is 34.6 Å². The van der Waals surface area contributed by atoms with E-state index in [4.69, 9.17) is 9.97 Å². The Morgan fingerprint density at radius 2 is 1.93 bits per heavy atom. The summed E-state index contributed by atoms with van der Waals surface area (Å²) in [6, 6.07) is 10.5. The zero-order valence-electron chi connectivity index (χ0n) is 16.4. The molecule has 1 aliphatic carbocycles. The molecular formula is C22H22N4OS2. The summed E-state index contributed by atoms with van der Waals surface area (Å²) >= 11 is 3.18. The van der Waals surface area contributed by atoms with Crippen LogP contribution in [0.15, 0.2) is 35.5 Å². The molecule has 3 aromatic heterocycles. The van der Waals surface area contributed by atoms with Crippen molar-refractivity contribution >= 4 is 49.3 Å². The van der Waals surface area contributed by atoms with Crippen molar-refractivity contribution in [3.8, 4) is 11.3 Å². The van der Waals surface area contributed by atoms with Crippen molar-refractivity contribution < 1.29 is 5.11 Å². The van der Waals surface area contributed by atoms with Crippen LogP contribution < -0.4 is 5.32 Å². The van der Waals surface area contributed by atoms with Crippen LogP contribution in [-0.2, 0) is 12.8 Å². The number of nitrogens with one attached hydrogen (secondary N) is 1. The summed E-state index contributed by atoms with van der Waals surface area (Å²) < 4.78 is 1.02. The highest BCUT2D eigenvalue weighted by Crippen LogP contribution is 2.43. The molecule has 148 valence electrons. The highest BCUT2D eigenvalue weighted by atomic mass is 32.2. The second-order valence-electron chi connectivity index (χ2n) is 7.39. The molecule has 2 N–H and O–H groups in total. The highest BCUT2D eigenvalue weighted by Gasteiger charge is 2.25. The van der Waals surface area contributed by atoms with Crippen LogP contribution in [0.4, 0.5) is 5.82 Å². The number of aromatic nitrogens is 3. The molecular weight excluding hydrogens is 400 g/mol. The van der Waals surface area contributed by atoms with E-state index >= 15 is 0 Å². The number of fused-ring (bicyclic) bond motifs is 5. The van der Waals surface area contributed by atoms with Crippen molar-refractivity contribution in [2.24, 2.45) is 0 Å². The van der Waals surface area contributed by atoms with Crippen LogP contribution in [0, 0.1) is 0 Å². The maximum atomic E-state index is 9.72. The molecule has 3 heterocycles. The number of nitrogens with zero attached hydrogens (tertiary/aromatic N) is 3. The summed E-state index contributed by atoms with van der Waals surface area (Å²) in [4.78, 5) is 15.7. The fraction of sp³-hybridized carbons (Fsp3) is 0.318. The van der Waals surface area contributed by atoms with Gasteiger partial charge in [0.05, 0.1) is 22.0 Å². The summed E-state index contributed by atoms with van der Waals surface area (Å²) in [7, 11) is 0. The Hall–Kier alpha value is -2.22. The molecule has 0 saturated carbocycles. The maximum absolute atomic E-state index is 9.72. The van der Waals surface area contributed by atoms with E-state index in [0.717, 1.165) is 51.0 Å². The van der Waals surface area contributed by atoms with Gasteiger partial charge in [0.1, 0.15) is 10.6 Å². The van der Waals surface area contributed by atoms with Gasteiger partial charge in [-0.25, -0.2) is 15.0 Å². The van der Waals surface area contributed by atoms with Gasteiger partial charge in [0.2, 0.25) is 0 Å². The lowest BCUT2D eigenvalue weighted by atomic mass is 10.0. The fourth-order valence-corrected chi connectivity index (χ4v) is 5.51. The topological polar surface area (TPSA) is 70.9 Å². The number of thiophene rings is 1. The molecule has 7 heteroatoms. The van der Waals surface area contributed by atoms with Gasteiger partial charge < -0.3 is 10.4 Å². The molecule has 5 rings (SSSR count). The van der Waals surface area contributed by atoms with Crippen molar-refractivity contribution in [3.63, 3.8) is 0 Å². The molecule has 0 saturated heterocycles. The first-order chi connectivity index (χ1) is 14.2. The Kier molecular flexibility index (Phi) is 4.89. The average Bonchev–Trinajstić information content (AvgIpc) is 3.36. The van der Waals surface area contributed by atoms with Crippen molar-refractivity contribution in [2.45, 2.75) is 37.4 Å². The third-order valence-corrected chi connectivity index (χ3v) is 6.94. The summed E-state index contributed by atoms with van der Waals surface area (Å²) in [6.07, 6.45) is 4.83. The standard InChI is InChI=1S/C22H22N4OS2/c1-12(27)11-23-20-19-18(25-22(26-20)28-2)16-14-9-6-10-15(14)17(24-21(16)29-19)13-7-4-3-5-8-13/h3-5,7-8,12,27H,6,9-11H2,1-2H3,(H,23,25,26)/t12-/m0/s1. The first-order valence-electron chi connectivity index (χ1n) is 9.83. The SMILES string of the molecule is CSc1nc(NC[C@H](C)O)c2sc3nc(-c4ccccc4)c4c(c3c2n1)CCC4. The van der Waals surface area contributed by atoms with Gasteiger partial charge in [-0.05, 0) is 43.6 Å². The number of rotatable bonds is 5. The molecule has 5 nitrogen and oxygen atoms in total. The minimum Gasteiger partial charge on any atom is -0.392 e. The van der Waals surface area contributed by atoms with Gasteiger partial charge in [-0.3, -0.25) is 0 Å². The fourth-order valence-electron chi connectivity index (χ4n) is 4.04. The smallest absolute Gasteiger partial charge is 0.189 e. The Bertz CT molecular complexity index is 1200. The van der Waals surface area contributed by atoms with Gasteiger partial charge in [-0.15, -0.1) is 11.3 Å². The van der Waals surface area contributed by atoms with Crippen LogP contribution in [0.5, 0.6) is 0 Å². The molecule has 0 aliphatic heterocycles. The molecule has 1 atom stereocenters. The Morgan fingerprint density at radius 1 is 1.14 bits per heavy atom. The molecule has 0 amide bonds. The third kappa shape index (κ3) is 3.27. The Labute approximate surface area is 177 Å². The molecule has 1 aromatic carbocycles. The minimum atomic E-state index is -0.445. The number of aryl methyl sites for hydroxylation is 1. The van der Waals surface area contributed by atoms with Crippen LogP contribution in [0.2, 0.25) is 0 Å². The van der Waals surface area contributed by atoms with Crippen LogP contribution in [-0.4, -0.2) is 39.0 Å². The summed E-state index contributed by atoms with van der Waals surface area (Å²) in [5, 5.41) is 15.0. The number of hydrogen-bond donors (Lipinski definition) is 2. The van der Waals surface area contributed by atoms with Crippen LogP contribution in [0.3, 0.4) is 0 Å². The highest BCUT2D eigenvalue weighted by molar-refractivity contribution is 7.98. The second kappa shape index (κ2) is 7.55. The molecule has 0 fully saturated rings. The summed E-state index contributed by atoms with van der Waals surface area (Å²) in [5.74, 6) is 0.788. The van der Waals surface area contributed by atoms with Gasteiger partial charge in [0.15, 0.2) is 5.16 Å². The monoisotopic (exact) mass is 422 g/mol. The number of thioether (sulfide) groups is 1. The van der Waals surface area contributed by atoms with Gasteiger partial charge in [-0.2, -0.15) is 0 Å². The quantitative estimate of drug-likeness (QED) is 0.352. The van der Waals surface area contributed by atoms with Crippen LogP contribution in [0.25, 0.3) is 31.7 Å². The first kappa shape index (κ1) is 18.8. The van der Waals surface area contributed by atoms with E-state index < -0.39 is 6.10 Å². The number of aliphatic hydroxyl groups is 1. The van der Waals surface area contributed by atoms with Crippen molar-refractivity contribution in [3.05, 3.63) is 41.5 Å². The number of pyridine rings is 1. The second-order valence-corrected chi connectivity index (χ2v) is 9.16. The third-order valence-electron chi connectivity index (χ3n) is 5.31. The minimum absolute atomic E-state index is 0.445. The number of aliphatic hydroxyl groups excluding tert-OH is 1. The van der Waals surface area contributed by atoms with E-state index in [-0.39, 0.29) is 0 Å². The molecule has 1 aliphatic rings. The lowest BCUT2D eigenvalue weighted by molar-refractivity contribution is 0.208. The Morgan fingerprint density at radius 3 is 2.69 bits per heavy atom. The summed E-state index contributed by atoms with van der Waals surface area (Å²) in [5.41, 5.74) is 6.03. The average molecular weight is 423 g/mol. The number of hydrogen-bond acceptors (Lipinski definition) is 7. The largest absolute Gasteiger partial charge is 0.392 e. The van der Waals surface area contributed by atoms with Crippen molar-refractivity contribution in [1.82, 2.24) is 15.0 Å². The number of benzene rings is 1. The van der Waals surface area contributed by atoms with Gasteiger partial charge >= 0.3 is 0 Å². The molecule has 0 radical (unpaired) electrons. The zero-order chi connectivity index (χ0) is 20.0. The molecule has 4 aromatic rings. The molecule has 29 heavy (non-hydrogen) atoms. The first-order valence-corrected chi connectivity index (χ1v) is 11.9. The molecule has 0 unspecified atom stereocenters. The predicted octanol–water partition coefficient (Wildman–Crippen LogP) is 4.91.